The maximum atomic E-state index is 13.9. The van der Waals surface area contributed by atoms with Gasteiger partial charge in [-0.1, -0.05) is 74.3 Å². The van der Waals surface area contributed by atoms with E-state index in [1.54, 1.807) is 14.1 Å². The van der Waals surface area contributed by atoms with Gasteiger partial charge in [-0.2, -0.15) is 0 Å². The molecule has 9 nitrogen and oxygen atoms in total. The van der Waals surface area contributed by atoms with Crippen molar-refractivity contribution in [1.29, 1.82) is 0 Å². The van der Waals surface area contributed by atoms with Gasteiger partial charge in [0.2, 0.25) is 24.6 Å². The number of aliphatic hydroxyl groups excluding tert-OH is 2. The Labute approximate surface area is 302 Å². The fourth-order valence-electron chi connectivity index (χ4n) is 6.03. The summed E-state index contributed by atoms with van der Waals surface area (Å²) in [7, 11) is 3.19. The Morgan fingerprint density at radius 3 is 2.14 bits per heavy atom. The van der Waals surface area contributed by atoms with Crippen LogP contribution in [0.3, 0.4) is 0 Å². The summed E-state index contributed by atoms with van der Waals surface area (Å²) in [5.74, 6) is 3.97. The smallest absolute Gasteiger partial charge is 0.245 e. The molecular formula is C39H55F3N4O5. The van der Waals surface area contributed by atoms with Crippen LogP contribution in [0, 0.1) is 54.8 Å². The molecule has 282 valence electrons. The van der Waals surface area contributed by atoms with Crippen LogP contribution in [0.25, 0.3) is 0 Å². The molecule has 3 amide bonds. The molecule has 5 atom stereocenters. The van der Waals surface area contributed by atoms with Gasteiger partial charge in [-0.05, 0) is 44.2 Å². The normalized spacial score (nSPS) is 15.8. The molecule has 0 radical (unpaired) electrons. The Morgan fingerprint density at radius 2 is 1.57 bits per heavy atom. The van der Waals surface area contributed by atoms with Crippen LogP contribution in [0.2, 0.25) is 0 Å². The summed E-state index contributed by atoms with van der Waals surface area (Å²) in [4.78, 5) is 43.9. The number of nitrogens with zero attached hydrogens (tertiary/aromatic N) is 2. The minimum absolute atomic E-state index is 0.172. The van der Waals surface area contributed by atoms with Crippen molar-refractivity contribution >= 4 is 17.7 Å². The number of hydrogen-bond donors (Lipinski definition) is 4. The fourth-order valence-corrected chi connectivity index (χ4v) is 6.03. The molecule has 0 heterocycles. The van der Waals surface area contributed by atoms with E-state index in [1.807, 2.05) is 30.3 Å². The predicted octanol–water partition coefficient (Wildman–Crippen LogP) is 3.78. The highest BCUT2D eigenvalue weighted by Gasteiger charge is 2.36. The zero-order chi connectivity index (χ0) is 38.2. The topological polar surface area (TPSA) is 122 Å². The van der Waals surface area contributed by atoms with E-state index in [-0.39, 0.29) is 37.6 Å². The highest BCUT2D eigenvalue weighted by atomic mass is 19.3. The van der Waals surface area contributed by atoms with E-state index in [2.05, 4.69) is 28.4 Å². The highest BCUT2D eigenvalue weighted by Crippen LogP contribution is 2.29. The third-order valence-electron chi connectivity index (χ3n) is 9.10. The summed E-state index contributed by atoms with van der Waals surface area (Å²) in [6.07, 6.45) is 21.2. The maximum absolute atomic E-state index is 13.9. The molecule has 4 unspecified atom stereocenters. The van der Waals surface area contributed by atoms with E-state index in [0.29, 0.717) is 25.8 Å². The number of unbranched alkanes of at least 4 members (excludes halogenated alkanes) is 1. The largest absolute Gasteiger partial charge is 0.390 e. The Kier molecular flexibility index (Phi) is 22.8. The Bertz CT molecular complexity index is 1280. The average molecular weight is 717 g/mol. The van der Waals surface area contributed by atoms with Gasteiger partial charge in [0.15, 0.2) is 0 Å². The molecule has 1 aliphatic carbocycles. The molecule has 51 heavy (non-hydrogen) atoms. The van der Waals surface area contributed by atoms with Gasteiger partial charge in [0, 0.05) is 33.0 Å². The van der Waals surface area contributed by atoms with Gasteiger partial charge < -0.3 is 25.7 Å². The Hall–Kier alpha value is -4.02. The second-order valence-electron chi connectivity index (χ2n) is 13.0. The fraction of sp³-hybridized carbons (Fsp3) is 0.615. The molecule has 1 aliphatic rings. The number of likely N-dealkylation sites (N-methyl/N-ethyl adjacent to an activating group) is 2. The van der Waals surface area contributed by atoms with Crippen molar-refractivity contribution in [3.05, 3.63) is 35.9 Å². The lowest BCUT2D eigenvalue weighted by Gasteiger charge is -2.34. The molecule has 1 fully saturated rings. The minimum Gasteiger partial charge on any atom is -0.390 e. The molecule has 12 heteroatoms. The number of halogens is 3. The van der Waals surface area contributed by atoms with E-state index >= 15 is 0 Å². The lowest BCUT2D eigenvalue weighted by Crippen LogP contribution is -2.57. The number of hydrogen-bond acceptors (Lipinski definition) is 6. The first-order chi connectivity index (χ1) is 24.4. The number of carbonyl (C=O) groups excluding carboxylic acids is 3. The van der Waals surface area contributed by atoms with E-state index in [0.717, 1.165) is 37.7 Å². The number of terminal acetylenes is 3. The summed E-state index contributed by atoms with van der Waals surface area (Å²) in [5.41, 5.74) is 0.811. The number of nitrogens with one attached hydrogen (secondary N) is 2. The third kappa shape index (κ3) is 17.2. The average Bonchev–Trinajstić information content (AvgIpc) is 3.13. The first-order valence-electron chi connectivity index (χ1n) is 17.4. The molecule has 4 N–H and O–H groups in total. The van der Waals surface area contributed by atoms with Gasteiger partial charge in [-0.15, -0.1) is 25.2 Å². The summed E-state index contributed by atoms with van der Waals surface area (Å²) >= 11 is 0. The van der Waals surface area contributed by atoms with Crippen LogP contribution in [0.4, 0.5) is 13.2 Å². The monoisotopic (exact) mass is 716 g/mol. The van der Waals surface area contributed by atoms with Gasteiger partial charge >= 0.3 is 0 Å². The van der Waals surface area contributed by atoms with Gasteiger partial charge in [0.05, 0.1) is 24.2 Å². The first kappa shape index (κ1) is 45.0. The number of alkyl halides is 3. The molecule has 0 bridgehead atoms. The quantitative estimate of drug-likeness (QED) is 0.0927. The summed E-state index contributed by atoms with van der Waals surface area (Å²) in [6, 6.07) is 6.98. The summed E-state index contributed by atoms with van der Waals surface area (Å²) in [6.45, 7) is -1.83. The van der Waals surface area contributed by atoms with Gasteiger partial charge in [0.1, 0.15) is 18.8 Å². The second-order valence-corrected chi connectivity index (χ2v) is 13.0. The zero-order valence-corrected chi connectivity index (χ0v) is 29.9. The van der Waals surface area contributed by atoms with Crippen molar-refractivity contribution in [2.75, 3.05) is 40.9 Å². The van der Waals surface area contributed by atoms with Crippen LogP contribution in [-0.2, 0) is 20.8 Å². The SMILES string of the molecule is C#CCCCC(O)C(O)C(CC1CCCCC1)NC(=O)[C@@H](NC(=O)C(CC(=O)N(C)CCN(C)CF)Cc1ccccc1)C(C#C)C#C.FCF. The van der Waals surface area contributed by atoms with Crippen LogP contribution in [0.5, 0.6) is 0 Å². The third-order valence-corrected chi connectivity index (χ3v) is 9.10. The Morgan fingerprint density at radius 1 is 0.941 bits per heavy atom. The molecular weight excluding hydrogens is 661 g/mol. The van der Waals surface area contributed by atoms with Gasteiger partial charge in [0.25, 0.3) is 0 Å². The standard InChI is InChI=1S/C38H53FN4O5.CH2F2/c1-6-9-12-21-33(44)36(46)32(25-29-19-15-11-16-20-29)40-38(48)35(30(7-2)8-3)41-37(47)31(24-28-17-13-10-14-18-28)26-34(45)43(5)23-22-42(4)27-39;2-1-3/h1-3,10,13-14,17-18,29-33,35-36,44,46H,9,11-12,15-16,19-27H2,4-5H3,(H,40,48)(H,41,47);1H2/t31?,32?,33?,35-,36?;/m0./s1. The van der Waals surface area contributed by atoms with Crippen LogP contribution in [0.15, 0.2) is 30.3 Å². The second kappa shape index (κ2) is 25.9. The summed E-state index contributed by atoms with van der Waals surface area (Å²) in [5, 5.41) is 27.6. The van der Waals surface area contributed by atoms with Crippen LogP contribution in [-0.4, -0.2) is 103 Å². The van der Waals surface area contributed by atoms with E-state index in [1.165, 1.54) is 9.80 Å². The molecule has 0 saturated heterocycles. The minimum atomic E-state index is -1.75. The molecule has 1 aromatic carbocycles. The highest BCUT2D eigenvalue weighted by molar-refractivity contribution is 5.91. The van der Waals surface area contributed by atoms with Crippen molar-refractivity contribution in [2.24, 2.45) is 17.8 Å². The Balaban J connectivity index is 0.00000418. The molecule has 2 rings (SSSR count). The van der Waals surface area contributed by atoms with Gasteiger partial charge in [-0.3, -0.25) is 19.3 Å². The lowest BCUT2D eigenvalue weighted by molar-refractivity contribution is -0.137. The lowest BCUT2D eigenvalue weighted by atomic mass is 9.82. The van der Waals surface area contributed by atoms with Crippen molar-refractivity contribution in [3.63, 3.8) is 0 Å². The number of benzene rings is 1. The van der Waals surface area contributed by atoms with Crippen molar-refractivity contribution < 1.29 is 37.8 Å². The van der Waals surface area contributed by atoms with E-state index in [4.69, 9.17) is 19.3 Å². The number of aliphatic hydroxyl groups is 2. The van der Waals surface area contributed by atoms with Crippen LogP contribution < -0.4 is 10.6 Å². The summed E-state index contributed by atoms with van der Waals surface area (Å²) < 4.78 is 32.2. The first-order valence-corrected chi connectivity index (χ1v) is 17.4. The molecule has 0 spiro atoms. The van der Waals surface area contributed by atoms with Crippen LogP contribution in [0.1, 0.15) is 69.8 Å². The van der Waals surface area contributed by atoms with Crippen molar-refractivity contribution in [2.45, 2.75) is 94.9 Å². The maximum Gasteiger partial charge on any atom is 0.245 e. The van der Waals surface area contributed by atoms with E-state index < -0.39 is 61.7 Å². The number of amides is 3. The van der Waals surface area contributed by atoms with E-state index in [9.17, 15) is 37.8 Å². The molecule has 1 saturated carbocycles. The van der Waals surface area contributed by atoms with Crippen LogP contribution >= 0.6 is 0 Å². The number of carbonyl (C=O) groups is 3. The number of rotatable bonds is 20. The molecule has 0 aromatic heterocycles. The van der Waals surface area contributed by atoms with Gasteiger partial charge in [-0.25, -0.2) is 13.2 Å². The predicted molar refractivity (Wildman–Crippen MR) is 192 cm³/mol. The molecule has 0 aliphatic heterocycles. The van der Waals surface area contributed by atoms with Crippen molar-refractivity contribution in [1.82, 2.24) is 20.4 Å². The zero-order valence-electron chi connectivity index (χ0n) is 29.9. The van der Waals surface area contributed by atoms with Crippen molar-refractivity contribution in [3.8, 4) is 37.0 Å². The molecule has 1 aromatic rings.